The lowest BCUT2D eigenvalue weighted by Gasteiger charge is -1.95. The Bertz CT molecular complexity index is 489. The van der Waals surface area contributed by atoms with E-state index in [2.05, 4.69) is 20.9 Å². The molecule has 76 valence electrons. The van der Waals surface area contributed by atoms with Crippen LogP contribution >= 0.6 is 26.6 Å². The molecule has 0 bridgehead atoms. The van der Waals surface area contributed by atoms with Gasteiger partial charge in [-0.2, -0.15) is 0 Å². The number of nitrogens with zero attached hydrogens (tertiary/aromatic N) is 2. The molecule has 0 spiro atoms. The van der Waals surface area contributed by atoms with Gasteiger partial charge in [-0.25, -0.2) is 8.42 Å². The van der Waals surface area contributed by atoms with Gasteiger partial charge in [0.1, 0.15) is 4.90 Å². The molecule has 0 radical (unpaired) electrons. The van der Waals surface area contributed by atoms with Crippen LogP contribution in [0.2, 0.25) is 0 Å². The van der Waals surface area contributed by atoms with Crippen LogP contribution in [0.25, 0.3) is 0 Å². The van der Waals surface area contributed by atoms with Gasteiger partial charge in [-0.15, -0.1) is 0 Å². The van der Waals surface area contributed by atoms with Gasteiger partial charge in [0, 0.05) is 32.7 Å². The molecule has 9 heteroatoms. The molecule has 0 aromatic carbocycles. The van der Waals surface area contributed by atoms with E-state index in [1.807, 2.05) is 0 Å². The smallest absolute Gasteiger partial charge is 0.358 e. The van der Waals surface area contributed by atoms with E-state index in [1.54, 1.807) is 0 Å². The van der Waals surface area contributed by atoms with Crippen LogP contribution in [0, 0.1) is 10.1 Å². The van der Waals surface area contributed by atoms with E-state index in [9.17, 15) is 18.5 Å². The second-order valence-corrected chi connectivity index (χ2v) is 5.44. The third-order valence-corrected chi connectivity index (χ3v) is 3.47. The van der Waals surface area contributed by atoms with Gasteiger partial charge in [0.05, 0.1) is 0 Å². The van der Waals surface area contributed by atoms with Crippen molar-refractivity contribution in [3.63, 3.8) is 0 Å². The van der Waals surface area contributed by atoms with Crippen molar-refractivity contribution in [2.45, 2.75) is 4.90 Å². The lowest BCUT2D eigenvalue weighted by atomic mass is 10.5. The molecule has 0 saturated carbocycles. The van der Waals surface area contributed by atoms with E-state index in [0.29, 0.717) is 0 Å². The maximum Gasteiger partial charge on any atom is 0.364 e. The fraction of sp³-hybridized carbons (Fsp3) is 0. The molecule has 0 N–H and O–H groups in total. The minimum absolute atomic E-state index is 0.179. The molecule has 1 aromatic rings. The average Bonchev–Trinajstić information content (AvgIpc) is 2.01. The summed E-state index contributed by atoms with van der Waals surface area (Å²) in [6.07, 6.45) is 0. The first kappa shape index (κ1) is 11.3. The molecule has 0 atom stereocenters. The zero-order valence-electron chi connectivity index (χ0n) is 6.35. The summed E-state index contributed by atoms with van der Waals surface area (Å²) in [7, 11) is 1.09. The van der Waals surface area contributed by atoms with Crippen molar-refractivity contribution in [2.24, 2.45) is 0 Å². The van der Waals surface area contributed by atoms with Gasteiger partial charge in [0.2, 0.25) is 4.60 Å². The van der Waals surface area contributed by atoms with Gasteiger partial charge in [0.25, 0.3) is 9.05 Å². The average molecular weight is 302 g/mol. The van der Waals surface area contributed by atoms with Crippen molar-refractivity contribution in [3.05, 3.63) is 26.9 Å². The molecule has 0 saturated heterocycles. The highest BCUT2D eigenvalue weighted by Gasteiger charge is 2.21. The summed E-state index contributed by atoms with van der Waals surface area (Å²) in [4.78, 5) is 12.6. The first-order chi connectivity index (χ1) is 6.32. The molecule has 0 aliphatic carbocycles. The van der Waals surface area contributed by atoms with Crippen LogP contribution in [0.4, 0.5) is 5.82 Å². The first-order valence-electron chi connectivity index (χ1n) is 3.08. The minimum Gasteiger partial charge on any atom is -0.358 e. The number of hydrogen-bond donors (Lipinski definition) is 0. The summed E-state index contributed by atoms with van der Waals surface area (Å²) in [6.45, 7) is 0. The fourth-order valence-electron chi connectivity index (χ4n) is 0.695. The van der Waals surface area contributed by atoms with E-state index in [-0.39, 0.29) is 9.50 Å². The molecule has 1 aromatic heterocycles. The SMILES string of the molecule is O=[N+]([O-])c1ccc(S(=O)(=O)Cl)c(Br)n1. The maximum atomic E-state index is 10.9. The van der Waals surface area contributed by atoms with Crippen molar-refractivity contribution >= 4 is 41.5 Å². The highest BCUT2D eigenvalue weighted by molar-refractivity contribution is 9.10. The predicted molar refractivity (Wildman–Crippen MR) is 51.6 cm³/mol. The highest BCUT2D eigenvalue weighted by Crippen LogP contribution is 2.25. The Kier molecular flexibility index (Phi) is 3.07. The molecule has 14 heavy (non-hydrogen) atoms. The van der Waals surface area contributed by atoms with Crippen LogP contribution in [0.15, 0.2) is 21.6 Å². The number of halogens is 2. The van der Waals surface area contributed by atoms with E-state index < -0.39 is 19.8 Å². The molecular formula is C5H2BrClN2O4S. The summed E-state index contributed by atoms with van der Waals surface area (Å²) in [6, 6.07) is 1.97. The Balaban J connectivity index is 3.35. The standard InChI is InChI=1S/C5H2BrClN2O4S/c6-5-3(14(7,12)13)1-2-4(8-5)9(10)11/h1-2H. The quantitative estimate of drug-likeness (QED) is 0.359. The van der Waals surface area contributed by atoms with Gasteiger partial charge in [-0.05, 0) is 16.0 Å². The summed E-state index contributed by atoms with van der Waals surface area (Å²) >= 11 is 2.77. The predicted octanol–water partition coefficient (Wildman–Crippen LogP) is 1.68. The molecule has 1 heterocycles. The topological polar surface area (TPSA) is 90.2 Å². The molecule has 0 unspecified atom stereocenters. The Labute approximate surface area is 91.6 Å². The molecule has 0 fully saturated rings. The number of rotatable bonds is 2. The van der Waals surface area contributed by atoms with Crippen LogP contribution in [-0.4, -0.2) is 18.3 Å². The first-order valence-corrected chi connectivity index (χ1v) is 6.18. The number of pyridine rings is 1. The number of nitro groups is 1. The van der Waals surface area contributed by atoms with Gasteiger partial charge >= 0.3 is 5.82 Å². The monoisotopic (exact) mass is 300 g/mol. The summed E-state index contributed by atoms with van der Waals surface area (Å²) in [5.74, 6) is -0.457. The zero-order valence-corrected chi connectivity index (χ0v) is 9.50. The summed E-state index contributed by atoms with van der Waals surface area (Å²) < 4.78 is 21.5. The van der Waals surface area contributed by atoms with Crippen LogP contribution in [-0.2, 0) is 9.05 Å². The summed E-state index contributed by atoms with van der Waals surface area (Å²) in [5, 5.41) is 10.3. The van der Waals surface area contributed by atoms with E-state index in [0.717, 1.165) is 12.1 Å². The van der Waals surface area contributed by atoms with Crippen molar-refractivity contribution in [1.82, 2.24) is 4.98 Å². The summed E-state index contributed by atoms with van der Waals surface area (Å²) in [5.41, 5.74) is 0. The van der Waals surface area contributed by atoms with Gasteiger partial charge in [-0.1, -0.05) is 0 Å². The molecule has 0 aliphatic rings. The second kappa shape index (κ2) is 3.79. The molecule has 6 nitrogen and oxygen atoms in total. The second-order valence-electron chi connectivity index (χ2n) is 2.15. The molecular weight excluding hydrogens is 299 g/mol. The number of aromatic nitrogens is 1. The maximum absolute atomic E-state index is 10.9. The van der Waals surface area contributed by atoms with Crippen molar-refractivity contribution in [1.29, 1.82) is 0 Å². The van der Waals surface area contributed by atoms with Crippen LogP contribution < -0.4 is 0 Å². The molecule has 1 rings (SSSR count). The third-order valence-electron chi connectivity index (χ3n) is 1.25. The van der Waals surface area contributed by atoms with Gasteiger partial charge in [-0.3, -0.25) is 0 Å². The molecule has 0 amide bonds. The van der Waals surface area contributed by atoms with Crippen molar-refractivity contribution < 1.29 is 13.3 Å². The largest absolute Gasteiger partial charge is 0.364 e. The molecule has 0 aliphatic heterocycles. The Morgan fingerprint density at radius 2 is 2.07 bits per heavy atom. The van der Waals surface area contributed by atoms with Gasteiger partial charge < -0.3 is 10.1 Å². The van der Waals surface area contributed by atoms with Crippen molar-refractivity contribution in [3.8, 4) is 0 Å². The fourth-order valence-corrected chi connectivity index (χ4v) is 2.78. The van der Waals surface area contributed by atoms with Gasteiger partial charge in [0.15, 0.2) is 0 Å². The van der Waals surface area contributed by atoms with Crippen LogP contribution in [0.3, 0.4) is 0 Å². The lowest BCUT2D eigenvalue weighted by molar-refractivity contribution is -0.389. The highest BCUT2D eigenvalue weighted by atomic mass is 79.9. The van der Waals surface area contributed by atoms with E-state index in [4.69, 9.17) is 10.7 Å². The third kappa shape index (κ3) is 2.40. The van der Waals surface area contributed by atoms with E-state index >= 15 is 0 Å². The minimum atomic E-state index is -3.94. The Morgan fingerprint density at radius 3 is 2.43 bits per heavy atom. The number of hydrogen-bond acceptors (Lipinski definition) is 5. The Morgan fingerprint density at radius 1 is 1.50 bits per heavy atom. The zero-order chi connectivity index (χ0) is 10.9. The van der Waals surface area contributed by atoms with Crippen molar-refractivity contribution in [2.75, 3.05) is 0 Å². The normalized spacial score (nSPS) is 11.3. The lowest BCUT2D eigenvalue weighted by Crippen LogP contribution is -1.98. The van der Waals surface area contributed by atoms with Crippen LogP contribution in [0.1, 0.15) is 0 Å². The Hall–Kier alpha value is -0.730. The van der Waals surface area contributed by atoms with E-state index in [1.165, 1.54) is 0 Å². The van der Waals surface area contributed by atoms with Crippen LogP contribution in [0.5, 0.6) is 0 Å².